The van der Waals surface area contributed by atoms with Crippen LogP contribution in [0.25, 0.3) is 21.8 Å². The summed E-state index contributed by atoms with van der Waals surface area (Å²) in [7, 11) is 1.31. The van der Waals surface area contributed by atoms with Gasteiger partial charge in [0, 0.05) is 42.4 Å². The Hall–Kier alpha value is -3.94. The van der Waals surface area contributed by atoms with E-state index < -0.39 is 12.0 Å². The summed E-state index contributed by atoms with van der Waals surface area (Å²) in [5.41, 5.74) is 2.46. The summed E-state index contributed by atoms with van der Waals surface area (Å²) in [6, 6.07) is 14.4. The summed E-state index contributed by atoms with van der Waals surface area (Å²) in [5.74, 6) is -0.190. The van der Waals surface area contributed by atoms with E-state index in [1.807, 2.05) is 48.7 Å². The molecular weight excluding hydrogens is 432 g/mol. The number of para-hydroxylation sites is 2. The first kappa shape index (κ1) is 21.9. The standard InChI is InChI=1S/C26H26N4O4/c1-34-26(33)22(14-16-15-27-20-8-4-2-6-18(16)20)29-24(31)13-12-23-28-21-9-5-3-7-19(21)25(32)30(23)17-10-11-17/h2-9,15,17,22,27H,10-14H2,1H3,(H,29,31)/t22-/m1/s1. The number of benzene rings is 2. The number of methoxy groups -OCH3 is 1. The number of nitrogens with one attached hydrogen (secondary N) is 2. The molecule has 1 aliphatic carbocycles. The third-order valence-corrected chi connectivity index (χ3v) is 6.29. The minimum Gasteiger partial charge on any atom is -0.467 e. The molecule has 2 heterocycles. The first-order valence-electron chi connectivity index (χ1n) is 11.5. The maximum atomic E-state index is 13.0. The number of hydrogen-bond acceptors (Lipinski definition) is 5. The van der Waals surface area contributed by atoms with Crippen LogP contribution in [-0.2, 0) is 27.2 Å². The Morgan fingerprint density at radius 2 is 1.88 bits per heavy atom. The molecule has 0 unspecified atom stereocenters. The van der Waals surface area contributed by atoms with Crippen molar-refractivity contribution in [3.05, 3.63) is 76.5 Å². The summed E-state index contributed by atoms with van der Waals surface area (Å²) in [6.07, 6.45) is 4.45. The van der Waals surface area contributed by atoms with Crippen LogP contribution in [0.5, 0.6) is 0 Å². The minimum absolute atomic E-state index is 0.0599. The number of aromatic nitrogens is 3. The predicted molar refractivity (Wildman–Crippen MR) is 129 cm³/mol. The van der Waals surface area contributed by atoms with E-state index in [0.717, 1.165) is 29.3 Å². The Morgan fingerprint density at radius 3 is 2.65 bits per heavy atom. The zero-order valence-electron chi connectivity index (χ0n) is 18.9. The number of aromatic amines is 1. The Balaban J connectivity index is 1.32. The van der Waals surface area contributed by atoms with Crippen LogP contribution < -0.4 is 10.9 Å². The third-order valence-electron chi connectivity index (χ3n) is 6.29. The van der Waals surface area contributed by atoms with Gasteiger partial charge in [-0.15, -0.1) is 0 Å². The number of esters is 1. The number of carbonyl (C=O) groups excluding carboxylic acids is 2. The molecule has 174 valence electrons. The zero-order chi connectivity index (χ0) is 23.7. The lowest BCUT2D eigenvalue weighted by Crippen LogP contribution is -2.43. The van der Waals surface area contributed by atoms with Crippen molar-refractivity contribution in [2.45, 2.75) is 44.2 Å². The topological polar surface area (TPSA) is 106 Å². The maximum Gasteiger partial charge on any atom is 0.328 e. The molecule has 0 bridgehead atoms. The fourth-order valence-electron chi connectivity index (χ4n) is 4.43. The third kappa shape index (κ3) is 4.31. The summed E-state index contributed by atoms with van der Waals surface area (Å²) in [4.78, 5) is 46.2. The average molecular weight is 459 g/mol. The van der Waals surface area contributed by atoms with Crippen molar-refractivity contribution in [3.63, 3.8) is 0 Å². The second-order valence-electron chi connectivity index (χ2n) is 8.66. The predicted octanol–water partition coefficient (Wildman–Crippen LogP) is 3.05. The molecule has 2 aromatic heterocycles. The fraction of sp³-hybridized carbons (Fsp3) is 0.308. The molecule has 4 aromatic rings. The van der Waals surface area contributed by atoms with Gasteiger partial charge in [0.25, 0.3) is 5.56 Å². The molecule has 5 rings (SSSR count). The molecule has 8 nitrogen and oxygen atoms in total. The van der Waals surface area contributed by atoms with Crippen molar-refractivity contribution >= 4 is 33.7 Å². The molecule has 34 heavy (non-hydrogen) atoms. The van der Waals surface area contributed by atoms with Gasteiger partial charge in [-0.3, -0.25) is 14.2 Å². The molecule has 0 spiro atoms. The monoisotopic (exact) mass is 458 g/mol. The van der Waals surface area contributed by atoms with Crippen molar-refractivity contribution in [1.29, 1.82) is 0 Å². The van der Waals surface area contributed by atoms with Crippen LogP contribution in [0, 0.1) is 0 Å². The van der Waals surface area contributed by atoms with Gasteiger partial charge in [0.15, 0.2) is 0 Å². The van der Waals surface area contributed by atoms with E-state index >= 15 is 0 Å². The summed E-state index contributed by atoms with van der Waals surface area (Å²) >= 11 is 0. The van der Waals surface area contributed by atoms with Gasteiger partial charge >= 0.3 is 5.97 Å². The SMILES string of the molecule is COC(=O)[C@@H](Cc1c[nH]c2ccccc12)NC(=O)CCc1nc2ccccc2c(=O)n1C1CC1. The van der Waals surface area contributed by atoms with E-state index in [4.69, 9.17) is 4.74 Å². The van der Waals surface area contributed by atoms with Gasteiger partial charge in [0.1, 0.15) is 11.9 Å². The first-order valence-corrected chi connectivity index (χ1v) is 11.5. The number of fused-ring (bicyclic) bond motifs is 2. The molecular formula is C26H26N4O4. The van der Waals surface area contributed by atoms with Gasteiger partial charge in [-0.2, -0.15) is 0 Å². The second kappa shape index (κ2) is 9.13. The smallest absolute Gasteiger partial charge is 0.328 e. The van der Waals surface area contributed by atoms with Gasteiger partial charge in [0.05, 0.1) is 18.0 Å². The number of ether oxygens (including phenoxy) is 1. The van der Waals surface area contributed by atoms with Crippen molar-refractivity contribution in [1.82, 2.24) is 19.9 Å². The fourth-order valence-corrected chi connectivity index (χ4v) is 4.43. The molecule has 1 aliphatic rings. The molecule has 2 N–H and O–H groups in total. The van der Waals surface area contributed by atoms with E-state index in [-0.39, 0.29) is 23.9 Å². The van der Waals surface area contributed by atoms with Crippen molar-refractivity contribution in [2.75, 3.05) is 7.11 Å². The lowest BCUT2D eigenvalue weighted by atomic mass is 10.0. The van der Waals surface area contributed by atoms with Crippen LogP contribution in [0.2, 0.25) is 0 Å². The van der Waals surface area contributed by atoms with Crippen LogP contribution >= 0.6 is 0 Å². The summed E-state index contributed by atoms with van der Waals surface area (Å²) < 4.78 is 6.67. The average Bonchev–Trinajstić information content (AvgIpc) is 3.61. The zero-order valence-corrected chi connectivity index (χ0v) is 18.9. The molecule has 2 aromatic carbocycles. The highest BCUT2D eigenvalue weighted by molar-refractivity contribution is 5.87. The van der Waals surface area contributed by atoms with E-state index in [9.17, 15) is 14.4 Å². The highest BCUT2D eigenvalue weighted by atomic mass is 16.5. The van der Waals surface area contributed by atoms with Gasteiger partial charge in [-0.25, -0.2) is 9.78 Å². The number of rotatable bonds is 8. The normalized spacial score (nSPS) is 14.3. The number of H-pyrrole nitrogens is 1. The van der Waals surface area contributed by atoms with Crippen molar-refractivity contribution < 1.29 is 14.3 Å². The number of nitrogens with zero attached hydrogens (tertiary/aromatic N) is 2. The van der Waals surface area contributed by atoms with Crippen LogP contribution in [0.1, 0.15) is 36.7 Å². The number of amides is 1. The van der Waals surface area contributed by atoms with E-state index in [1.165, 1.54) is 7.11 Å². The van der Waals surface area contributed by atoms with E-state index in [1.54, 1.807) is 10.6 Å². The largest absolute Gasteiger partial charge is 0.467 e. The second-order valence-corrected chi connectivity index (χ2v) is 8.66. The summed E-state index contributed by atoms with van der Waals surface area (Å²) in [6.45, 7) is 0. The van der Waals surface area contributed by atoms with Crippen molar-refractivity contribution in [2.24, 2.45) is 0 Å². The van der Waals surface area contributed by atoms with Crippen LogP contribution in [0.3, 0.4) is 0 Å². The van der Waals surface area contributed by atoms with E-state index in [2.05, 4.69) is 15.3 Å². The Bertz CT molecular complexity index is 1430. The van der Waals surface area contributed by atoms with E-state index in [0.29, 0.717) is 29.6 Å². The van der Waals surface area contributed by atoms with Crippen LogP contribution in [0.4, 0.5) is 0 Å². The number of carbonyl (C=O) groups is 2. The highest BCUT2D eigenvalue weighted by Crippen LogP contribution is 2.35. The van der Waals surface area contributed by atoms with Gasteiger partial charge in [-0.05, 0) is 36.6 Å². The maximum absolute atomic E-state index is 13.0. The quantitative estimate of drug-likeness (QED) is 0.395. The lowest BCUT2D eigenvalue weighted by molar-refractivity contribution is -0.145. The Morgan fingerprint density at radius 1 is 1.15 bits per heavy atom. The highest BCUT2D eigenvalue weighted by Gasteiger charge is 2.29. The molecule has 0 radical (unpaired) electrons. The van der Waals surface area contributed by atoms with Gasteiger partial charge in [-0.1, -0.05) is 30.3 Å². The summed E-state index contributed by atoms with van der Waals surface area (Å²) in [5, 5.41) is 4.40. The van der Waals surface area contributed by atoms with Crippen molar-refractivity contribution in [3.8, 4) is 0 Å². The van der Waals surface area contributed by atoms with Crippen LogP contribution in [0.15, 0.2) is 59.5 Å². The number of aryl methyl sites for hydroxylation is 1. The molecule has 1 atom stereocenters. The minimum atomic E-state index is -0.813. The first-order chi connectivity index (χ1) is 16.5. The molecule has 1 amide bonds. The van der Waals surface area contributed by atoms with Crippen LogP contribution in [-0.4, -0.2) is 39.6 Å². The number of hydrogen-bond donors (Lipinski definition) is 2. The molecule has 0 saturated heterocycles. The lowest BCUT2D eigenvalue weighted by Gasteiger charge is -2.17. The van der Waals surface area contributed by atoms with Gasteiger partial charge in [0.2, 0.25) is 5.91 Å². The molecule has 0 aliphatic heterocycles. The Labute approximate surface area is 196 Å². The van der Waals surface area contributed by atoms with Gasteiger partial charge < -0.3 is 15.0 Å². The molecule has 8 heteroatoms. The molecule has 1 fully saturated rings. The molecule has 1 saturated carbocycles. The Kier molecular flexibility index (Phi) is 5.88.